The van der Waals surface area contributed by atoms with Crippen LogP contribution < -0.4 is 5.32 Å². The number of anilines is 1. The van der Waals surface area contributed by atoms with Gasteiger partial charge in [0.15, 0.2) is 0 Å². The highest BCUT2D eigenvalue weighted by molar-refractivity contribution is 9.10. The van der Waals surface area contributed by atoms with E-state index in [4.69, 9.17) is 0 Å². The maximum absolute atomic E-state index is 12.0. The highest BCUT2D eigenvalue weighted by Gasteiger charge is 2.09. The second-order valence-electron chi connectivity index (χ2n) is 3.76. The van der Waals surface area contributed by atoms with E-state index >= 15 is 0 Å². The number of hydrogen-bond acceptors (Lipinski definition) is 2. The summed E-state index contributed by atoms with van der Waals surface area (Å²) in [4.78, 5) is 16.1. The molecule has 0 saturated heterocycles. The van der Waals surface area contributed by atoms with Gasteiger partial charge in [0.2, 0.25) is 0 Å². The smallest absolute Gasteiger partial charge is 0.255 e. The first-order valence-corrected chi connectivity index (χ1v) is 6.84. The maximum Gasteiger partial charge on any atom is 0.255 e. The summed E-state index contributed by atoms with van der Waals surface area (Å²) in [5.74, 6) is -0.163. The molecule has 0 spiro atoms. The molecule has 0 radical (unpaired) electrons. The molecule has 1 aromatic heterocycles. The molecule has 1 amide bonds. The Hall–Kier alpha value is -1.20. The van der Waals surface area contributed by atoms with E-state index in [1.54, 1.807) is 30.5 Å². The second kappa shape index (κ2) is 5.63. The summed E-state index contributed by atoms with van der Waals surface area (Å²) in [7, 11) is 0. The van der Waals surface area contributed by atoms with Gasteiger partial charge in [0.25, 0.3) is 5.91 Å². The summed E-state index contributed by atoms with van der Waals surface area (Å²) in [6, 6.07) is 9.05. The molecule has 2 aromatic rings. The molecule has 5 heteroatoms. The quantitative estimate of drug-likeness (QED) is 0.807. The molecule has 3 nitrogen and oxygen atoms in total. The molecular formula is C13H10Br2N2O. The Morgan fingerprint density at radius 2 is 2.06 bits per heavy atom. The molecular weight excluding hydrogens is 360 g/mol. The Morgan fingerprint density at radius 1 is 1.28 bits per heavy atom. The van der Waals surface area contributed by atoms with Crippen LogP contribution in [0.1, 0.15) is 15.9 Å². The number of aromatic nitrogens is 1. The third kappa shape index (κ3) is 2.97. The molecule has 0 atom stereocenters. The molecule has 0 aliphatic heterocycles. The van der Waals surface area contributed by atoms with E-state index in [1.807, 2.05) is 13.0 Å². The molecule has 0 aliphatic carbocycles. The van der Waals surface area contributed by atoms with Gasteiger partial charge in [-0.25, -0.2) is 4.98 Å². The molecule has 0 unspecified atom stereocenters. The standard InChI is InChI=1S/C13H10Br2N2O/c1-8-4-5-9(7-10(8)14)13(18)17-11-3-2-6-16-12(11)15/h2-7H,1H3,(H,17,18). The molecule has 1 heterocycles. The first-order chi connectivity index (χ1) is 8.58. The fourth-order valence-corrected chi connectivity index (χ4v) is 2.14. The minimum atomic E-state index is -0.163. The third-order valence-electron chi connectivity index (χ3n) is 2.44. The average molecular weight is 370 g/mol. The highest BCUT2D eigenvalue weighted by Crippen LogP contribution is 2.21. The fourth-order valence-electron chi connectivity index (χ4n) is 1.41. The first-order valence-electron chi connectivity index (χ1n) is 5.26. The normalized spacial score (nSPS) is 10.2. The number of hydrogen-bond donors (Lipinski definition) is 1. The van der Waals surface area contributed by atoms with Gasteiger partial charge in [0.1, 0.15) is 4.60 Å². The molecule has 92 valence electrons. The summed E-state index contributed by atoms with van der Waals surface area (Å²) < 4.78 is 1.53. The van der Waals surface area contributed by atoms with Crippen molar-refractivity contribution >= 4 is 43.5 Å². The predicted molar refractivity (Wildman–Crippen MR) is 78.8 cm³/mol. The van der Waals surface area contributed by atoms with E-state index in [1.165, 1.54) is 0 Å². The number of pyridine rings is 1. The zero-order valence-electron chi connectivity index (χ0n) is 9.58. The minimum absolute atomic E-state index is 0.163. The maximum atomic E-state index is 12.0. The number of carbonyl (C=O) groups excluding carboxylic acids is 1. The van der Waals surface area contributed by atoms with Gasteiger partial charge >= 0.3 is 0 Å². The lowest BCUT2D eigenvalue weighted by Crippen LogP contribution is -2.12. The molecule has 2 rings (SSSR count). The molecule has 0 fully saturated rings. The van der Waals surface area contributed by atoms with Crippen LogP contribution in [0.5, 0.6) is 0 Å². The van der Waals surface area contributed by atoms with Gasteiger partial charge < -0.3 is 5.32 Å². The van der Waals surface area contributed by atoms with Crippen molar-refractivity contribution in [2.75, 3.05) is 5.32 Å². The van der Waals surface area contributed by atoms with Crippen LogP contribution >= 0.6 is 31.9 Å². The van der Waals surface area contributed by atoms with Crippen molar-refractivity contribution in [2.45, 2.75) is 6.92 Å². The van der Waals surface area contributed by atoms with Crippen LogP contribution in [0.15, 0.2) is 45.6 Å². The molecule has 1 N–H and O–H groups in total. The summed E-state index contributed by atoms with van der Waals surface area (Å²) in [5.41, 5.74) is 2.34. The number of amides is 1. The number of carbonyl (C=O) groups is 1. The van der Waals surface area contributed by atoms with Crippen molar-refractivity contribution in [2.24, 2.45) is 0 Å². The molecule has 0 saturated carbocycles. The van der Waals surface area contributed by atoms with Gasteiger partial charge in [-0.2, -0.15) is 0 Å². The summed E-state index contributed by atoms with van der Waals surface area (Å²) >= 11 is 6.70. The zero-order chi connectivity index (χ0) is 13.1. The van der Waals surface area contributed by atoms with E-state index < -0.39 is 0 Å². The average Bonchev–Trinajstić information content (AvgIpc) is 2.35. The lowest BCUT2D eigenvalue weighted by Gasteiger charge is -2.07. The predicted octanol–water partition coefficient (Wildman–Crippen LogP) is 4.17. The Kier molecular flexibility index (Phi) is 4.14. The van der Waals surface area contributed by atoms with Crippen molar-refractivity contribution in [3.63, 3.8) is 0 Å². The minimum Gasteiger partial charge on any atom is -0.320 e. The third-order valence-corrected chi connectivity index (χ3v) is 3.93. The van der Waals surface area contributed by atoms with Crippen molar-refractivity contribution < 1.29 is 4.79 Å². The van der Waals surface area contributed by atoms with Crippen molar-refractivity contribution in [3.8, 4) is 0 Å². The number of nitrogens with zero attached hydrogens (tertiary/aromatic N) is 1. The number of nitrogens with one attached hydrogen (secondary N) is 1. The number of benzene rings is 1. The van der Waals surface area contributed by atoms with Gasteiger partial charge in [0.05, 0.1) is 5.69 Å². The second-order valence-corrected chi connectivity index (χ2v) is 5.37. The molecule has 0 bridgehead atoms. The Morgan fingerprint density at radius 3 is 2.72 bits per heavy atom. The largest absolute Gasteiger partial charge is 0.320 e. The topological polar surface area (TPSA) is 42.0 Å². The zero-order valence-corrected chi connectivity index (χ0v) is 12.7. The highest BCUT2D eigenvalue weighted by atomic mass is 79.9. The Balaban J connectivity index is 2.22. The Bertz CT molecular complexity index is 599. The monoisotopic (exact) mass is 368 g/mol. The van der Waals surface area contributed by atoms with Crippen molar-refractivity contribution in [3.05, 3.63) is 56.7 Å². The number of rotatable bonds is 2. The van der Waals surface area contributed by atoms with E-state index in [0.29, 0.717) is 15.9 Å². The van der Waals surface area contributed by atoms with Gasteiger partial charge in [-0.05, 0) is 52.7 Å². The fraction of sp³-hybridized carbons (Fsp3) is 0.0769. The van der Waals surface area contributed by atoms with Crippen LogP contribution in [0, 0.1) is 6.92 Å². The van der Waals surface area contributed by atoms with Crippen LogP contribution in [0.4, 0.5) is 5.69 Å². The van der Waals surface area contributed by atoms with Gasteiger partial charge in [-0.3, -0.25) is 4.79 Å². The van der Waals surface area contributed by atoms with Crippen LogP contribution in [-0.2, 0) is 0 Å². The van der Waals surface area contributed by atoms with E-state index in [0.717, 1.165) is 10.0 Å². The lowest BCUT2D eigenvalue weighted by molar-refractivity contribution is 0.102. The van der Waals surface area contributed by atoms with E-state index in [-0.39, 0.29) is 5.91 Å². The van der Waals surface area contributed by atoms with Crippen LogP contribution in [0.25, 0.3) is 0 Å². The number of halogens is 2. The summed E-state index contributed by atoms with van der Waals surface area (Å²) in [6.07, 6.45) is 1.65. The van der Waals surface area contributed by atoms with Gasteiger partial charge in [0, 0.05) is 16.2 Å². The number of aryl methyl sites for hydroxylation is 1. The first kappa shape index (κ1) is 13.2. The van der Waals surface area contributed by atoms with Crippen LogP contribution in [-0.4, -0.2) is 10.9 Å². The van der Waals surface area contributed by atoms with Gasteiger partial charge in [-0.1, -0.05) is 22.0 Å². The van der Waals surface area contributed by atoms with Crippen LogP contribution in [0.2, 0.25) is 0 Å². The SMILES string of the molecule is Cc1ccc(C(=O)Nc2cccnc2Br)cc1Br. The van der Waals surface area contributed by atoms with Crippen molar-refractivity contribution in [1.82, 2.24) is 4.98 Å². The lowest BCUT2D eigenvalue weighted by atomic mass is 10.1. The van der Waals surface area contributed by atoms with E-state index in [9.17, 15) is 4.79 Å². The van der Waals surface area contributed by atoms with Crippen LogP contribution in [0.3, 0.4) is 0 Å². The molecule has 0 aliphatic rings. The summed E-state index contributed by atoms with van der Waals surface area (Å²) in [6.45, 7) is 1.98. The van der Waals surface area contributed by atoms with Crippen molar-refractivity contribution in [1.29, 1.82) is 0 Å². The molecule has 18 heavy (non-hydrogen) atoms. The van der Waals surface area contributed by atoms with E-state index in [2.05, 4.69) is 42.2 Å². The Labute approximate surface area is 122 Å². The summed E-state index contributed by atoms with van der Waals surface area (Å²) in [5, 5.41) is 2.80. The van der Waals surface area contributed by atoms with Gasteiger partial charge in [-0.15, -0.1) is 0 Å². The molecule has 1 aromatic carbocycles.